The van der Waals surface area contributed by atoms with Crippen molar-refractivity contribution in [1.29, 1.82) is 0 Å². The van der Waals surface area contributed by atoms with Gasteiger partial charge in [-0.3, -0.25) is 0 Å². The molecule has 0 atom stereocenters. The number of benzene rings is 2. The Kier molecular flexibility index (Phi) is 2.46. The van der Waals surface area contributed by atoms with Gasteiger partial charge >= 0.3 is 7.69 Å². The average Bonchev–Trinajstić information content (AvgIpc) is 2.68. The minimum Gasteiger partial charge on any atom is -0.537 e. The number of fused-ring (bicyclic) bond motifs is 3. The molecule has 0 saturated heterocycles. The first kappa shape index (κ1) is 10.5. The predicted molar refractivity (Wildman–Crippen MR) is 67.3 cm³/mol. The molecule has 0 aliphatic rings. The fraction of sp³-hybridized carbons (Fsp3) is 0. The Labute approximate surface area is 103 Å². The summed E-state index contributed by atoms with van der Waals surface area (Å²) in [6.45, 7) is 0. The van der Waals surface area contributed by atoms with Gasteiger partial charge in [-0.15, -0.1) is 0 Å². The Morgan fingerprint density at radius 3 is 2.88 bits per heavy atom. The summed E-state index contributed by atoms with van der Waals surface area (Å²) in [5.41, 5.74) is 1.43. The highest BCUT2D eigenvalue weighted by Gasteiger charge is 2.12. The second-order valence-corrected chi connectivity index (χ2v) is 4.03. The van der Waals surface area contributed by atoms with Crippen molar-refractivity contribution in [2.75, 3.05) is 0 Å². The number of hydrogen-bond donors (Lipinski definition) is 1. The molecule has 83 valence electrons. The number of furan rings is 1. The van der Waals surface area contributed by atoms with Gasteiger partial charge in [0.25, 0.3) is 0 Å². The van der Waals surface area contributed by atoms with Crippen molar-refractivity contribution in [3.05, 3.63) is 41.4 Å². The monoisotopic (exact) mass is 245 g/mol. The van der Waals surface area contributed by atoms with Gasteiger partial charge in [0.05, 0.1) is 5.39 Å². The minimum atomic E-state index is 0.533. The molecule has 0 unspecified atom stereocenters. The first-order chi connectivity index (χ1) is 8.29. The summed E-state index contributed by atoms with van der Waals surface area (Å²) < 4.78 is 10.7. The maximum absolute atomic E-state index is 8.74. The van der Waals surface area contributed by atoms with E-state index in [1.165, 1.54) is 0 Å². The number of hydrogen-bond acceptors (Lipinski definition) is 3. The van der Waals surface area contributed by atoms with Gasteiger partial charge in [0, 0.05) is 10.4 Å². The molecule has 1 N–H and O–H groups in total. The van der Waals surface area contributed by atoms with Crippen LogP contribution in [0, 0.1) is 0 Å². The molecule has 1 aromatic heterocycles. The van der Waals surface area contributed by atoms with Crippen LogP contribution in [0.5, 0.6) is 5.75 Å². The molecule has 3 aromatic rings. The Morgan fingerprint density at radius 2 is 2.06 bits per heavy atom. The van der Waals surface area contributed by atoms with Crippen molar-refractivity contribution >= 4 is 41.2 Å². The summed E-state index contributed by atoms with van der Waals surface area (Å²) >= 11 is 5.97. The number of halogens is 1. The molecule has 2 aromatic carbocycles. The van der Waals surface area contributed by atoms with Gasteiger partial charge in [-0.25, -0.2) is 0 Å². The van der Waals surface area contributed by atoms with Crippen LogP contribution in [0.2, 0.25) is 5.02 Å². The summed E-state index contributed by atoms with van der Waals surface area (Å²) in [6.07, 6.45) is 0. The maximum atomic E-state index is 8.74. The van der Waals surface area contributed by atoms with Crippen LogP contribution in [0.1, 0.15) is 0 Å². The molecular formula is C12H7BClO3. The zero-order valence-electron chi connectivity index (χ0n) is 8.68. The van der Waals surface area contributed by atoms with Gasteiger partial charge in [0.2, 0.25) is 0 Å². The lowest BCUT2D eigenvalue weighted by molar-refractivity contribution is 0.456. The molecule has 0 aliphatic heterocycles. The highest BCUT2D eigenvalue weighted by molar-refractivity contribution is 6.32. The van der Waals surface area contributed by atoms with Crippen molar-refractivity contribution in [3.8, 4) is 5.75 Å². The summed E-state index contributed by atoms with van der Waals surface area (Å²) in [5, 5.41) is 11.0. The fourth-order valence-electron chi connectivity index (χ4n) is 1.92. The van der Waals surface area contributed by atoms with Gasteiger partial charge in [0.1, 0.15) is 16.9 Å². The van der Waals surface area contributed by atoms with E-state index in [1.807, 2.05) is 18.2 Å². The van der Waals surface area contributed by atoms with Gasteiger partial charge in [-0.05, 0) is 30.3 Å². The molecule has 0 spiro atoms. The topological polar surface area (TPSA) is 42.6 Å². The first-order valence-electron chi connectivity index (χ1n) is 5.03. The normalized spacial score (nSPS) is 10.9. The molecule has 5 heteroatoms. The number of rotatable bonds is 2. The summed E-state index contributed by atoms with van der Waals surface area (Å²) in [7, 11) is 0.651. The highest BCUT2D eigenvalue weighted by Crippen LogP contribution is 2.36. The van der Waals surface area contributed by atoms with Crippen molar-refractivity contribution < 1.29 is 14.1 Å². The second-order valence-electron chi connectivity index (χ2n) is 3.60. The highest BCUT2D eigenvalue weighted by atomic mass is 35.5. The summed E-state index contributed by atoms with van der Waals surface area (Å²) in [6, 6.07) is 10.8. The van der Waals surface area contributed by atoms with Crippen LogP contribution in [0.25, 0.3) is 21.9 Å². The van der Waals surface area contributed by atoms with E-state index in [1.54, 1.807) is 18.2 Å². The van der Waals surface area contributed by atoms with Gasteiger partial charge in [0.15, 0.2) is 0 Å². The van der Waals surface area contributed by atoms with Crippen molar-refractivity contribution in [2.24, 2.45) is 0 Å². The molecule has 0 amide bonds. The van der Waals surface area contributed by atoms with E-state index in [0.717, 1.165) is 16.4 Å². The third kappa shape index (κ3) is 1.66. The Morgan fingerprint density at radius 1 is 1.18 bits per heavy atom. The average molecular weight is 245 g/mol. The van der Waals surface area contributed by atoms with E-state index < -0.39 is 0 Å². The molecule has 0 aliphatic carbocycles. The molecule has 3 nitrogen and oxygen atoms in total. The Balaban J connectivity index is 2.43. The summed E-state index contributed by atoms with van der Waals surface area (Å²) in [5.74, 6) is 0.533. The molecule has 3 rings (SSSR count). The van der Waals surface area contributed by atoms with E-state index in [-0.39, 0.29) is 0 Å². The quantitative estimate of drug-likeness (QED) is 0.705. The molecule has 0 bridgehead atoms. The van der Waals surface area contributed by atoms with Crippen LogP contribution in [0.15, 0.2) is 40.8 Å². The molecular weight excluding hydrogens is 238 g/mol. The van der Waals surface area contributed by atoms with Crippen LogP contribution in [0.3, 0.4) is 0 Å². The standard InChI is InChI=1S/C12H7BClO3/c14-7-4-5-9-8(6-7)12-10(16-9)2-1-3-11(12)17-13-15/h1-6,15H. The van der Waals surface area contributed by atoms with Crippen LogP contribution in [0.4, 0.5) is 0 Å². The van der Waals surface area contributed by atoms with Crippen LogP contribution >= 0.6 is 11.6 Å². The maximum Gasteiger partial charge on any atom is 0.569 e. The van der Waals surface area contributed by atoms with Gasteiger partial charge < -0.3 is 14.1 Å². The first-order valence-corrected chi connectivity index (χ1v) is 5.41. The second kappa shape index (κ2) is 3.98. The zero-order chi connectivity index (χ0) is 11.8. The lowest BCUT2D eigenvalue weighted by Gasteiger charge is -2.02. The third-order valence-electron chi connectivity index (χ3n) is 2.60. The van der Waals surface area contributed by atoms with Crippen molar-refractivity contribution in [3.63, 3.8) is 0 Å². The molecule has 0 saturated carbocycles. The Hall–Kier alpha value is -1.65. The van der Waals surface area contributed by atoms with Crippen molar-refractivity contribution in [2.45, 2.75) is 0 Å². The minimum absolute atomic E-state index is 0.533. The molecule has 17 heavy (non-hydrogen) atoms. The van der Waals surface area contributed by atoms with E-state index in [0.29, 0.717) is 24.0 Å². The van der Waals surface area contributed by atoms with Crippen LogP contribution in [-0.2, 0) is 0 Å². The van der Waals surface area contributed by atoms with E-state index in [4.69, 9.17) is 25.7 Å². The lowest BCUT2D eigenvalue weighted by atomic mass is 10.1. The van der Waals surface area contributed by atoms with E-state index in [2.05, 4.69) is 0 Å². The van der Waals surface area contributed by atoms with Gasteiger partial charge in [-0.1, -0.05) is 17.7 Å². The molecule has 1 heterocycles. The van der Waals surface area contributed by atoms with Crippen molar-refractivity contribution in [1.82, 2.24) is 0 Å². The smallest absolute Gasteiger partial charge is 0.537 e. The van der Waals surface area contributed by atoms with Gasteiger partial charge in [-0.2, -0.15) is 0 Å². The molecule has 1 radical (unpaired) electrons. The predicted octanol–water partition coefficient (Wildman–Crippen LogP) is 3.14. The SMILES string of the molecule is O[B]Oc1cccc2oc3ccc(Cl)cc3c12. The zero-order valence-corrected chi connectivity index (χ0v) is 9.44. The van der Waals surface area contributed by atoms with Crippen LogP contribution < -0.4 is 4.65 Å². The fourth-order valence-corrected chi connectivity index (χ4v) is 2.09. The van der Waals surface area contributed by atoms with Crippen LogP contribution in [-0.4, -0.2) is 12.7 Å². The lowest BCUT2D eigenvalue weighted by Crippen LogP contribution is -1.99. The Bertz CT molecular complexity index is 693. The van der Waals surface area contributed by atoms with E-state index >= 15 is 0 Å². The van der Waals surface area contributed by atoms with E-state index in [9.17, 15) is 0 Å². The largest absolute Gasteiger partial charge is 0.569 e. The third-order valence-corrected chi connectivity index (χ3v) is 2.83. The molecule has 0 fully saturated rings. The summed E-state index contributed by atoms with van der Waals surface area (Å²) in [4.78, 5) is 0.